The van der Waals surface area contributed by atoms with E-state index in [-0.39, 0.29) is 26.8 Å². The SMILES string of the molecule is C=C(CC)CCCCCCC[N+](C)(C)c1cncc2c1C(OCC1(COC3OCOCc4cncc([N+](C)(C)CCCCCCCC(=C)CC)c43)COC(C)(C)OC1)OCOC2. The van der Waals surface area contributed by atoms with Crippen LogP contribution in [0, 0.1) is 5.41 Å². The molecule has 1 saturated heterocycles. The van der Waals surface area contributed by atoms with Gasteiger partial charge in [0.1, 0.15) is 0 Å². The zero-order valence-electron chi connectivity index (χ0n) is 39.9. The number of nitrogens with zero attached hydrogens (tertiary/aromatic N) is 4. The molecule has 5 rings (SSSR count). The number of ether oxygens (including phenoxy) is 8. The van der Waals surface area contributed by atoms with Gasteiger partial charge >= 0.3 is 0 Å². The van der Waals surface area contributed by atoms with Crippen molar-refractivity contribution in [3.63, 3.8) is 0 Å². The van der Waals surface area contributed by atoms with Crippen LogP contribution in [0.2, 0.25) is 0 Å². The molecule has 3 aliphatic rings. The molecule has 348 valence electrons. The third kappa shape index (κ3) is 14.7. The fourth-order valence-corrected chi connectivity index (χ4v) is 8.56. The van der Waals surface area contributed by atoms with E-state index in [1.54, 1.807) is 0 Å². The van der Waals surface area contributed by atoms with E-state index in [2.05, 4.69) is 65.2 Å². The molecule has 2 aromatic heterocycles. The number of allylic oxidation sites excluding steroid dienone is 2. The average Bonchev–Trinajstić information content (AvgIpc) is 3.61. The minimum atomic E-state index is -0.739. The molecule has 2 unspecified atom stereocenters. The van der Waals surface area contributed by atoms with Gasteiger partial charge in [0.2, 0.25) is 0 Å². The van der Waals surface area contributed by atoms with E-state index in [1.807, 2.05) is 38.6 Å². The van der Waals surface area contributed by atoms with Crippen LogP contribution in [0.3, 0.4) is 0 Å². The molecule has 0 amide bonds. The van der Waals surface area contributed by atoms with Gasteiger partial charge in [-0.2, -0.15) is 0 Å². The Balaban J connectivity index is 1.29. The second-order valence-corrected chi connectivity index (χ2v) is 19.6. The summed E-state index contributed by atoms with van der Waals surface area (Å²) < 4.78 is 52.3. The summed E-state index contributed by atoms with van der Waals surface area (Å²) in [7, 11) is 8.99. The van der Waals surface area contributed by atoms with E-state index in [0.29, 0.717) is 35.4 Å². The van der Waals surface area contributed by atoms with Gasteiger partial charge in [-0.05, 0) is 78.1 Å². The van der Waals surface area contributed by atoms with Gasteiger partial charge in [-0.15, -0.1) is 0 Å². The van der Waals surface area contributed by atoms with Crippen LogP contribution in [0.5, 0.6) is 0 Å². The summed E-state index contributed by atoms with van der Waals surface area (Å²) in [5.74, 6) is -0.739. The highest BCUT2D eigenvalue weighted by Crippen LogP contribution is 2.41. The van der Waals surface area contributed by atoms with Gasteiger partial charge in [0.15, 0.2) is 43.3 Å². The standard InChI is InChI=1S/C50H82N4O8/c1-11-39(3)23-19-15-13-17-21-25-53(7,8)43-29-51-27-41-31-55-37-59-47(45(41)43)57-33-50(35-61-49(5,6)62-36-50)34-58-48-46-42(32-56-38-60-48)28-52-30-44(46)54(9,10)26-22-18-14-16-20-24-40(4)12-2/h27-30,47-48H,3-4,11-26,31-38H2,1-2,5-10H3/q+2. The average molecular weight is 867 g/mol. The zero-order valence-corrected chi connectivity index (χ0v) is 39.9. The van der Waals surface area contributed by atoms with E-state index >= 15 is 0 Å². The second-order valence-electron chi connectivity index (χ2n) is 19.6. The van der Waals surface area contributed by atoms with Crippen LogP contribution in [0.25, 0.3) is 0 Å². The van der Waals surface area contributed by atoms with Crippen molar-refractivity contribution in [3.05, 3.63) is 71.3 Å². The van der Waals surface area contributed by atoms with Crippen LogP contribution >= 0.6 is 0 Å². The highest BCUT2D eigenvalue weighted by molar-refractivity contribution is 5.53. The van der Waals surface area contributed by atoms with Crippen molar-refractivity contribution in [3.8, 4) is 0 Å². The van der Waals surface area contributed by atoms with Gasteiger partial charge in [0.25, 0.3) is 0 Å². The van der Waals surface area contributed by atoms with Crippen molar-refractivity contribution in [1.29, 1.82) is 0 Å². The first-order valence-electron chi connectivity index (χ1n) is 23.5. The van der Waals surface area contributed by atoms with Crippen molar-refractivity contribution >= 4 is 11.4 Å². The number of fused-ring (bicyclic) bond motifs is 2. The molecular weight excluding hydrogens is 785 g/mol. The van der Waals surface area contributed by atoms with Gasteiger partial charge in [-0.1, -0.05) is 63.8 Å². The normalized spacial score (nSPS) is 20.2. The van der Waals surface area contributed by atoms with Crippen LogP contribution in [0.15, 0.2) is 49.1 Å². The van der Waals surface area contributed by atoms with Gasteiger partial charge in [-0.3, -0.25) is 18.9 Å². The van der Waals surface area contributed by atoms with Crippen LogP contribution in [-0.2, 0) is 51.1 Å². The number of aromatic nitrogens is 2. The molecule has 3 aliphatic heterocycles. The molecule has 0 N–H and O–H groups in total. The Labute approximate surface area is 374 Å². The molecule has 5 heterocycles. The molecule has 12 nitrogen and oxygen atoms in total. The summed E-state index contributed by atoms with van der Waals surface area (Å²) in [5, 5.41) is 0. The first-order valence-corrected chi connectivity index (χ1v) is 23.5. The molecule has 2 aromatic rings. The van der Waals surface area contributed by atoms with Gasteiger partial charge in [0, 0.05) is 23.5 Å². The second kappa shape index (κ2) is 24.1. The first kappa shape index (κ1) is 50.4. The Morgan fingerprint density at radius 2 is 1.03 bits per heavy atom. The molecule has 0 aliphatic carbocycles. The Morgan fingerprint density at radius 1 is 0.629 bits per heavy atom. The smallest absolute Gasteiger partial charge is 0.192 e. The predicted octanol–water partition coefficient (Wildman–Crippen LogP) is 10.7. The van der Waals surface area contributed by atoms with Gasteiger partial charge < -0.3 is 37.9 Å². The van der Waals surface area contributed by atoms with Crippen molar-refractivity contribution < 1.29 is 37.9 Å². The van der Waals surface area contributed by atoms with E-state index < -0.39 is 23.8 Å². The summed E-state index contributed by atoms with van der Waals surface area (Å²) in [5.41, 5.74) is 8.08. The van der Waals surface area contributed by atoms with Gasteiger partial charge in [-0.25, -0.2) is 0 Å². The Bertz CT molecular complexity index is 1590. The number of hydrogen-bond donors (Lipinski definition) is 0. The topological polar surface area (TPSA) is 99.6 Å². The zero-order chi connectivity index (χ0) is 44.6. The number of unbranched alkanes of at least 4 members (excludes halogenated alkanes) is 8. The molecule has 0 saturated carbocycles. The lowest BCUT2D eigenvalue weighted by Gasteiger charge is -2.44. The molecule has 62 heavy (non-hydrogen) atoms. The number of hydrogen-bond acceptors (Lipinski definition) is 10. The van der Waals surface area contributed by atoms with Crippen molar-refractivity contribution in [2.75, 3.05) is 81.3 Å². The predicted molar refractivity (Wildman–Crippen MR) is 247 cm³/mol. The molecule has 12 heteroatoms. The molecule has 0 spiro atoms. The largest absolute Gasteiger partial charge is 0.351 e. The van der Waals surface area contributed by atoms with Crippen molar-refractivity contribution in [1.82, 2.24) is 18.9 Å². The van der Waals surface area contributed by atoms with Gasteiger partial charge in [0.05, 0.1) is 110 Å². The molecule has 0 radical (unpaired) electrons. The third-order valence-corrected chi connectivity index (χ3v) is 13.0. The fraction of sp³-hybridized carbons (Fsp3) is 0.720. The van der Waals surface area contributed by atoms with E-state index in [9.17, 15) is 0 Å². The Kier molecular flexibility index (Phi) is 19.6. The molecule has 1 fully saturated rings. The van der Waals surface area contributed by atoms with Crippen LogP contribution in [0.1, 0.15) is 152 Å². The summed E-state index contributed by atoms with van der Waals surface area (Å²) in [6, 6.07) is 0. The van der Waals surface area contributed by atoms with Crippen LogP contribution in [-0.4, -0.2) is 97.0 Å². The third-order valence-electron chi connectivity index (χ3n) is 13.0. The number of pyridine rings is 2. The quantitative estimate of drug-likeness (QED) is 0.0516. The van der Waals surface area contributed by atoms with E-state index in [0.717, 1.165) is 85.2 Å². The first-order chi connectivity index (χ1) is 29.7. The molecular formula is C50H82N4O8+2. The fourth-order valence-electron chi connectivity index (χ4n) is 8.56. The highest BCUT2D eigenvalue weighted by Gasteiger charge is 2.44. The summed E-state index contributed by atoms with van der Waals surface area (Å²) in [6.07, 6.45) is 22.7. The number of quaternary nitrogens is 2. The molecule has 0 bridgehead atoms. The summed E-state index contributed by atoms with van der Waals surface area (Å²) >= 11 is 0. The van der Waals surface area contributed by atoms with Crippen LogP contribution in [0.4, 0.5) is 11.4 Å². The van der Waals surface area contributed by atoms with Crippen molar-refractivity contribution in [2.45, 2.75) is 149 Å². The van der Waals surface area contributed by atoms with E-state index in [4.69, 9.17) is 37.9 Å². The Morgan fingerprint density at radius 3 is 1.45 bits per heavy atom. The Hall–Kier alpha value is -2.62. The van der Waals surface area contributed by atoms with Crippen molar-refractivity contribution in [2.24, 2.45) is 5.41 Å². The van der Waals surface area contributed by atoms with E-state index in [1.165, 1.54) is 62.5 Å². The summed E-state index contributed by atoms with van der Waals surface area (Å²) in [4.78, 5) is 9.35. The lowest BCUT2D eigenvalue weighted by molar-refractivity contribution is -0.316. The number of rotatable bonds is 26. The lowest BCUT2D eigenvalue weighted by atomic mass is 9.90. The maximum absolute atomic E-state index is 6.87. The maximum Gasteiger partial charge on any atom is 0.192 e. The highest BCUT2D eigenvalue weighted by atomic mass is 16.8. The molecule has 0 aromatic carbocycles. The van der Waals surface area contributed by atoms with Crippen LogP contribution < -0.4 is 8.97 Å². The lowest BCUT2D eigenvalue weighted by Crippen LogP contribution is -2.51. The minimum absolute atomic E-state index is 0.104. The monoisotopic (exact) mass is 867 g/mol. The summed E-state index contributed by atoms with van der Waals surface area (Å²) in [6.45, 7) is 20.8. The maximum atomic E-state index is 6.87. The minimum Gasteiger partial charge on any atom is -0.351 e. The molecule has 2 atom stereocenters.